The number of likely N-dealkylation sites (tertiary alicyclic amines) is 1. The Morgan fingerprint density at radius 2 is 1.74 bits per heavy atom. The van der Waals surface area contributed by atoms with E-state index in [1.165, 1.54) is 17.0 Å². The first-order valence-corrected chi connectivity index (χ1v) is 6.28. The second-order valence-corrected chi connectivity index (χ2v) is 4.96. The van der Waals surface area contributed by atoms with E-state index >= 15 is 0 Å². The molecule has 4 nitrogen and oxygen atoms in total. The Morgan fingerprint density at radius 3 is 2.26 bits per heavy atom. The van der Waals surface area contributed by atoms with Gasteiger partial charge in [0.15, 0.2) is 0 Å². The highest BCUT2D eigenvalue weighted by molar-refractivity contribution is 6.04. The molecule has 2 amide bonds. The summed E-state index contributed by atoms with van der Waals surface area (Å²) >= 11 is 0. The Bertz CT molecular complexity index is 510. The highest BCUT2D eigenvalue weighted by Gasteiger charge is 2.42. The number of hydrogen-bond acceptors (Lipinski definition) is 3. The SMILES string of the molecule is CC1C(=O)N(Cc2cc(F)ccc2CN)C(=O)C1C. The lowest BCUT2D eigenvalue weighted by Gasteiger charge is -2.17. The van der Waals surface area contributed by atoms with E-state index in [4.69, 9.17) is 5.73 Å². The number of imide groups is 1. The van der Waals surface area contributed by atoms with E-state index in [-0.39, 0.29) is 36.7 Å². The molecular weight excluding hydrogens is 247 g/mol. The molecule has 0 aromatic heterocycles. The van der Waals surface area contributed by atoms with Crippen molar-refractivity contribution in [2.24, 2.45) is 17.6 Å². The predicted octanol–water partition coefficient (Wildman–Crippen LogP) is 1.43. The van der Waals surface area contributed by atoms with Gasteiger partial charge in [-0.25, -0.2) is 4.39 Å². The molecule has 1 aromatic carbocycles. The van der Waals surface area contributed by atoms with E-state index in [0.717, 1.165) is 5.56 Å². The lowest BCUT2D eigenvalue weighted by molar-refractivity contribution is -0.140. The third kappa shape index (κ3) is 2.38. The van der Waals surface area contributed by atoms with Gasteiger partial charge in [-0.3, -0.25) is 14.5 Å². The number of hydrogen-bond donors (Lipinski definition) is 1. The molecule has 0 saturated carbocycles. The van der Waals surface area contributed by atoms with Crippen LogP contribution in [0, 0.1) is 17.7 Å². The summed E-state index contributed by atoms with van der Waals surface area (Å²) in [6.07, 6.45) is 0. The Kier molecular flexibility index (Phi) is 3.66. The minimum absolute atomic E-state index is 0.0939. The van der Waals surface area contributed by atoms with Crippen LogP contribution in [0.25, 0.3) is 0 Å². The number of rotatable bonds is 3. The molecule has 2 N–H and O–H groups in total. The molecule has 1 heterocycles. The van der Waals surface area contributed by atoms with Crippen LogP contribution in [-0.4, -0.2) is 16.7 Å². The van der Waals surface area contributed by atoms with Gasteiger partial charge < -0.3 is 5.73 Å². The summed E-state index contributed by atoms with van der Waals surface area (Å²) in [5, 5.41) is 0. The summed E-state index contributed by atoms with van der Waals surface area (Å²) in [6, 6.07) is 4.24. The maximum Gasteiger partial charge on any atom is 0.233 e. The van der Waals surface area contributed by atoms with Crippen LogP contribution in [0.15, 0.2) is 18.2 Å². The first-order valence-electron chi connectivity index (χ1n) is 6.28. The highest BCUT2D eigenvalue weighted by Crippen LogP contribution is 2.27. The van der Waals surface area contributed by atoms with E-state index in [0.29, 0.717) is 5.56 Å². The van der Waals surface area contributed by atoms with E-state index in [2.05, 4.69) is 0 Å². The van der Waals surface area contributed by atoms with Gasteiger partial charge in [0, 0.05) is 18.4 Å². The molecule has 2 atom stereocenters. The van der Waals surface area contributed by atoms with Crippen molar-refractivity contribution in [2.75, 3.05) is 0 Å². The quantitative estimate of drug-likeness (QED) is 0.840. The van der Waals surface area contributed by atoms with Crippen molar-refractivity contribution >= 4 is 11.8 Å². The van der Waals surface area contributed by atoms with Gasteiger partial charge in [-0.05, 0) is 23.3 Å². The summed E-state index contributed by atoms with van der Waals surface area (Å²) < 4.78 is 13.3. The van der Waals surface area contributed by atoms with Crippen LogP contribution in [0.2, 0.25) is 0 Å². The Labute approximate surface area is 111 Å². The van der Waals surface area contributed by atoms with Crippen molar-refractivity contribution in [2.45, 2.75) is 26.9 Å². The fraction of sp³-hybridized carbons (Fsp3) is 0.429. The van der Waals surface area contributed by atoms with Gasteiger partial charge in [-0.2, -0.15) is 0 Å². The van der Waals surface area contributed by atoms with Crippen molar-refractivity contribution in [3.05, 3.63) is 35.1 Å². The van der Waals surface area contributed by atoms with Gasteiger partial charge in [-0.1, -0.05) is 19.9 Å². The molecule has 1 saturated heterocycles. The molecule has 19 heavy (non-hydrogen) atoms. The van der Waals surface area contributed by atoms with Crippen LogP contribution in [0.3, 0.4) is 0 Å². The fourth-order valence-electron chi connectivity index (χ4n) is 2.29. The number of nitrogens with two attached hydrogens (primary N) is 1. The first kappa shape index (κ1) is 13.7. The normalized spacial score (nSPS) is 23.3. The highest BCUT2D eigenvalue weighted by atomic mass is 19.1. The monoisotopic (exact) mass is 264 g/mol. The maximum absolute atomic E-state index is 13.3. The zero-order valence-corrected chi connectivity index (χ0v) is 11.0. The van der Waals surface area contributed by atoms with E-state index < -0.39 is 5.82 Å². The number of carbonyl (C=O) groups is 2. The van der Waals surface area contributed by atoms with Crippen molar-refractivity contribution in [3.8, 4) is 0 Å². The smallest absolute Gasteiger partial charge is 0.233 e. The molecular formula is C14H17FN2O2. The van der Waals surface area contributed by atoms with Gasteiger partial charge >= 0.3 is 0 Å². The summed E-state index contributed by atoms with van der Waals surface area (Å²) in [5.41, 5.74) is 6.92. The van der Waals surface area contributed by atoms with Crippen LogP contribution in [0.4, 0.5) is 4.39 Å². The fourth-order valence-corrected chi connectivity index (χ4v) is 2.29. The average molecular weight is 264 g/mol. The molecule has 0 radical (unpaired) electrons. The zero-order valence-electron chi connectivity index (χ0n) is 11.0. The third-order valence-corrected chi connectivity index (χ3v) is 3.78. The van der Waals surface area contributed by atoms with Crippen molar-refractivity contribution in [1.82, 2.24) is 4.90 Å². The van der Waals surface area contributed by atoms with Crippen LogP contribution in [-0.2, 0) is 22.7 Å². The number of nitrogens with zero attached hydrogens (tertiary/aromatic N) is 1. The number of carbonyl (C=O) groups excluding carboxylic acids is 2. The third-order valence-electron chi connectivity index (χ3n) is 3.78. The van der Waals surface area contributed by atoms with Gasteiger partial charge in [-0.15, -0.1) is 0 Å². The van der Waals surface area contributed by atoms with Crippen LogP contribution < -0.4 is 5.73 Å². The van der Waals surface area contributed by atoms with Crippen molar-refractivity contribution < 1.29 is 14.0 Å². The van der Waals surface area contributed by atoms with Gasteiger partial charge in [0.25, 0.3) is 0 Å². The molecule has 0 bridgehead atoms. The van der Waals surface area contributed by atoms with Gasteiger partial charge in [0.2, 0.25) is 11.8 Å². The first-order chi connectivity index (χ1) is 8.95. The standard InChI is InChI=1S/C14H17FN2O2/c1-8-9(2)14(19)17(13(8)18)7-11-5-12(15)4-3-10(11)6-16/h3-5,8-9H,6-7,16H2,1-2H3. The average Bonchev–Trinajstić information content (AvgIpc) is 2.57. The minimum Gasteiger partial charge on any atom is -0.326 e. The second-order valence-electron chi connectivity index (χ2n) is 4.96. The Hall–Kier alpha value is -1.75. The predicted molar refractivity (Wildman–Crippen MR) is 68.2 cm³/mol. The van der Waals surface area contributed by atoms with E-state index in [1.807, 2.05) is 0 Å². The van der Waals surface area contributed by atoms with Crippen molar-refractivity contribution in [3.63, 3.8) is 0 Å². The molecule has 0 spiro atoms. The lowest BCUT2D eigenvalue weighted by Crippen LogP contribution is -2.30. The van der Waals surface area contributed by atoms with Crippen LogP contribution in [0.1, 0.15) is 25.0 Å². The molecule has 1 aliphatic heterocycles. The summed E-state index contributed by atoms with van der Waals surface area (Å²) in [7, 11) is 0. The lowest BCUT2D eigenvalue weighted by atomic mass is 10.00. The van der Waals surface area contributed by atoms with E-state index in [9.17, 15) is 14.0 Å². The molecule has 0 aliphatic carbocycles. The molecule has 1 fully saturated rings. The number of benzene rings is 1. The molecule has 1 aliphatic rings. The second kappa shape index (κ2) is 5.09. The van der Waals surface area contributed by atoms with E-state index in [1.54, 1.807) is 19.9 Å². The molecule has 102 valence electrons. The molecule has 1 aromatic rings. The molecule has 2 rings (SSSR count). The van der Waals surface area contributed by atoms with Crippen LogP contribution in [0.5, 0.6) is 0 Å². The minimum atomic E-state index is -0.396. The van der Waals surface area contributed by atoms with Crippen molar-refractivity contribution in [1.29, 1.82) is 0 Å². The van der Waals surface area contributed by atoms with Gasteiger partial charge in [0.05, 0.1) is 6.54 Å². The largest absolute Gasteiger partial charge is 0.326 e. The Morgan fingerprint density at radius 1 is 1.16 bits per heavy atom. The van der Waals surface area contributed by atoms with Crippen LogP contribution >= 0.6 is 0 Å². The molecule has 2 unspecified atom stereocenters. The number of amides is 2. The van der Waals surface area contributed by atoms with Gasteiger partial charge in [0.1, 0.15) is 5.82 Å². The summed E-state index contributed by atoms with van der Waals surface area (Å²) in [6.45, 7) is 3.81. The summed E-state index contributed by atoms with van der Waals surface area (Å²) in [4.78, 5) is 25.2. The topological polar surface area (TPSA) is 63.4 Å². The summed E-state index contributed by atoms with van der Waals surface area (Å²) in [5.74, 6) is -1.44. The molecule has 5 heteroatoms. The zero-order chi connectivity index (χ0) is 14.2. The maximum atomic E-state index is 13.3. The number of halogens is 1. The Balaban J connectivity index is 2.29.